The second-order valence-electron chi connectivity index (χ2n) is 2.74. The van der Waals surface area contributed by atoms with Crippen LogP contribution in [0.3, 0.4) is 0 Å². The Bertz CT molecular complexity index is 341. The van der Waals surface area contributed by atoms with Crippen molar-refractivity contribution < 1.29 is 14.6 Å². The van der Waals surface area contributed by atoms with E-state index in [0.29, 0.717) is 17.9 Å². The molecule has 0 saturated carbocycles. The van der Waals surface area contributed by atoms with Gasteiger partial charge >= 0.3 is 5.97 Å². The minimum Gasteiger partial charge on any atom is -0.478 e. The standard InChI is InChI=1S/C9H12NO3P/c1-2-5-13-7-4-3-6(9(11)12)8(14)10-7/h3-4H,2,5,14H2,1H3,(H,11,12). The zero-order valence-corrected chi connectivity index (χ0v) is 9.01. The Hall–Kier alpha value is -1.15. The van der Waals surface area contributed by atoms with Gasteiger partial charge in [-0.2, -0.15) is 0 Å². The summed E-state index contributed by atoms with van der Waals surface area (Å²) in [7, 11) is 2.28. The van der Waals surface area contributed by atoms with Crippen LogP contribution in [0.25, 0.3) is 0 Å². The minimum atomic E-state index is -0.982. The fourth-order valence-corrected chi connectivity index (χ4v) is 1.27. The molecule has 0 saturated heterocycles. The molecule has 0 spiro atoms. The van der Waals surface area contributed by atoms with E-state index in [1.165, 1.54) is 6.07 Å². The van der Waals surface area contributed by atoms with Crippen molar-refractivity contribution in [3.8, 4) is 5.88 Å². The zero-order chi connectivity index (χ0) is 10.6. The molecule has 5 heteroatoms. The van der Waals surface area contributed by atoms with Crippen molar-refractivity contribution in [1.29, 1.82) is 0 Å². The van der Waals surface area contributed by atoms with Crippen LogP contribution in [-0.2, 0) is 0 Å². The lowest BCUT2D eigenvalue weighted by Gasteiger charge is -2.05. The Balaban J connectivity index is 2.83. The number of ether oxygens (including phenoxy) is 1. The molecule has 1 rings (SSSR count). The first-order valence-electron chi connectivity index (χ1n) is 4.27. The van der Waals surface area contributed by atoms with E-state index in [9.17, 15) is 4.79 Å². The molecule has 1 aromatic rings. The van der Waals surface area contributed by atoms with Gasteiger partial charge in [0, 0.05) is 6.07 Å². The summed E-state index contributed by atoms with van der Waals surface area (Å²) in [5, 5.41) is 8.74. The van der Waals surface area contributed by atoms with Crippen LogP contribution in [0.1, 0.15) is 23.7 Å². The predicted molar refractivity (Wildman–Crippen MR) is 56.3 cm³/mol. The number of pyridine rings is 1. The van der Waals surface area contributed by atoms with Gasteiger partial charge in [-0.05, 0) is 12.5 Å². The molecular formula is C9H12NO3P. The Morgan fingerprint density at radius 2 is 2.36 bits per heavy atom. The smallest absolute Gasteiger partial charge is 0.337 e. The van der Waals surface area contributed by atoms with Crippen molar-refractivity contribution in [2.24, 2.45) is 0 Å². The molecule has 0 aliphatic heterocycles. The average Bonchev–Trinajstić information content (AvgIpc) is 2.14. The Kier molecular flexibility index (Phi) is 3.84. The van der Waals surface area contributed by atoms with Crippen LogP contribution in [0.2, 0.25) is 0 Å². The zero-order valence-electron chi connectivity index (χ0n) is 7.86. The summed E-state index contributed by atoms with van der Waals surface area (Å²) in [4.78, 5) is 14.6. The Labute approximate surface area is 84.5 Å². The maximum Gasteiger partial charge on any atom is 0.337 e. The lowest BCUT2D eigenvalue weighted by Crippen LogP contribution is -2.13. The van der Waals surface area contributed by atoms with Crippen LogP contribution < -0.4 is 10.2 Å². The molecule has 76 valence electrons. The minimum absolute atomic E-state index is 0.179. The quantitative estimate of drug-likeness (QED) is 0.760. The van der Waals surface area contributed by atoms with Gasteiger partial charge in [0.1, 0.15) is 0 Å². The van der Waals surface area contributed by atoms with Crippen molar-refractivity contribution in [2.45, 2.75) is 13.3 Å². The van der Waals surface area contributed by atoms with E-state index in [-0.39, 0.29) is 5.56 Å². The highest BCUT2D eigenvalue weighted by Gasteiger charge is 2.08. The van der Waals surface area contributed by atoms with Gasteiger partial charge in [-0.1, -0.05) is 16.2 Å². The molecule has 1 aromatic heterocycles. The lowest BCUT2D eigenvalue weighted by molar-refractivity contribution is 0.0698. The first-order chi connectivity index (χ1) is 6.65. The van der Waals surface area contributed by atoms with E-state index >= 15 is 0 Å². The summed E-state index contributed by atoms with van der Waals surface area (Å²) in [6, 6.07) is 3.05. The number of rotatable bonds is 4. The summed E-state index contributed by atoms with van der Waals surface area (Å²) >= 11 is 0. The Morgan fingerprint density at radius 1 is 1.64 bits per heavy atom. The number of aromatic carboxylic acids is 1. The van der Waals surface area contributed by atoms with Crippen molar-refractivity contribution in [2.75, 3.05) is 6.61 Å². The molecule has 0 aliphatic carbocycles. The van der Waals surface area contributed by atoms with E-state index in [1.807, 2.05) is 6.92 Å². The number of carbonyl (C=O) groups is 1. The van der Waals surface area contributed by atoms with Gasteiger partial charge in [-0.25, -0.2) is 9.78 Å². The summed E-state index contributed by atoms with van der Waals surface area (Å²) in [6.07, 6.45) is 0.897. The molecule has 0 fully saturated rings. The van der Waals surface area contributed by atoms with Crippen LogP contribution in [0.4, 0.5) is 0 Å². The lowest BCUT2D eigenvalue weighted by atomic mass is 10.3. The summed E-state index contributed by atoms with van der Waals surface area (Å²) in [5.41, 5.74) is 0.574. The highest BCUT2D eigenvalue weighted by molar-refractivity contribution is 7.27. The number of carboxylic acids is 1. The van der Waals surface area contributed by atoms with Gasteiger partial charge in [0.25, 0.3) is 0 Å². The van der Waals surface area contributed by atoms with Crippen molar-refractivity contribution in [3.63, 3.8) is 0 Å². The van der Waals surface area contributed by atoms with Crippen LogP contribution in [-0.4, -0.2) is 22.7 Å². The number of nitrogens with zero attached hydrogens (tertiary/aromatic N) is 1. The molecule has 0 bridgehead atoms. The Morgan fingerprint density at radius 3 is 2.86 bits per heavy atom. The van der Waals surface area contributed by atoms with Gasteiger partial charge in [0.05, 0.1) is 17.6 Å². The first-order valence-corrected chi connectivity index (χ1v) is 4.85. The van der Waals surface area contributed by atoms with E-state index in [0.717, 1.165) is 6.42 Å². The van der Waals surface area contributed by atoms with Gasteiger partial charge in [-0.15, -0.1) is 0 Å². The highest BCUT2D eigenvalue weighted by atomic mass is 31.0. The second kappa shape index (κ2) is 4.91. The molecule has 0 aliphatic rings. The van der Waals surface area contributed by atoms with Crippen LogP contribution >= 0.6 is 9.24 Å². The normalized spacial score (nSPS) is 9.86. The maximum atomic E-state index is 10.7. The van der Waals surface area contributed by atoms with Crippen LogP contribution in [0.15, 0.2) is 12.1 Å². The second-order valence-corrected chi connectivity index (χ2v) is 3.28. The maximum absolute atomic E-state index is 10.7. The molecule has 0 aromatic carbocycles. The number of carboxylic acid groups (broad SMARTS) is 1. The molecule has 0 radical (unpaired) electrons. The van der Waals surface area contributed by atoms with Gasteiger partial charge in [0.2, 0.25) is 5.88 Å². The third kappa shape index (κ3) is 2.67. The van der Waals surface area contributed by atoms with E-state index in [4.69, 9.17) is 9.84 Å². The van der Waals surface area contributed by atoms with Gasteiger partial charge in [0.15, 0.2) is 0 Å². The number of aromatic nitrogens is 1. The van der Waals surface area contributed by atoms with Gasteiger partial charge in [-0.3, -0.25) is 0 Å². The monoisotopic (exact) mass is 213 g/mol. The summed E-state index contributed by atoms with van der Waals surface area (Å²) in [6.45, 7) is 2.58. The topological polar surface area (TPSA) is 59.4 Å². The fourth-order valence-electron chi connectivity index (χ4n) is 0.924. The molecule has 1 unspecified atom stereocenters. The molecule has 1 N–H and O–H groups in total. The third-order valence-electron chi connectivity index (χ3n) is 1.58. The third-order valence-corrected chi connectivity index (χ3v) is 2.02. The highest BCUT2D eigenvalue weighted by Crippen LogP contribution is 2.08. The van der Waals surface area contributed by atoms with Crippen molar-refractivity contribution in [3.05, 3.63) is 17.7 Å². The van der Waals surface area contributed by atoms with E-state index in [1.54, 1.807) is 6.07 Å². The largest absolute Gasteiger partial charge is 0.478 e. The van der Waals surface area contributed by atoms with Crippen molar-refractivity contribution in [1.82, 2.24) is 4.98 Å². The first kappa shape index (κ1) is 10.9. The molecule has 14 heavy (non-hydrogen) atoms. The molecule has 4 nitrogen and oxygen atoms in total. The van der Waals surface area contributed by atoms with E-state index < -0.39 is 5.97 Å². The average molecular weight is 213 g/mol. The summed E-state index contributed by atoms with van der Waals surface area (Å²) in [5.74, 6) is -0.522. The van der Waals surface area contributed by atoms with Crippen LogP contribution in [0.5, 0.6) is 5.88 Å². The van der Waals surface area contributed by atoms with Gasteiger partial charge < -0.3 is 9.84 Å². The summed E-state index contributed by atoms with van der Waals surface area (Å²) < 4.78 is 5.25. The molecule has 1 heterocycles. The van der Waals surface area contributed by atoms with E-state index in [2.05, 4.69) is 14.2 Å². The fraction of sp³-hybridized carbons (Fsp3) is 0.333. The predicted octanol–water partition coefficient (Wildman–Crippen LogP) is 1.07. The van der Waals surface area contributed by atoms with Crippen molar-refractivity contribution >= 4 is 20.6 Å². The number of hydrogen-bond donors (Lipinski definition) is 1. The molecule has 0 amide bonds. The SMILES string of the molecule is CCCOc1ccc(C(=O)O)c(P)n1. The molecule has 1 atom stereocenters. The number of hydrogen-bond acceptors (Lipinski definition) is 3. The molecular weight excluding hydrogens is 201 g/mol. The van der Waals surface area contributed by atoms with Crippen LogP contribution in [0, 0.1) is 0 Å².